The Labute approximate surface area is 189 Å². The van der Waals surface area contributed by atoms with Crippen LogP contribution in [0.2, 0.25) is 0 Å². The highest BCUT2D eigenvalue weighted by Gasteiger charge is 2.20. The van der Waals surface area contributed by atoms with E-state index in [9.17, 15) is 19.2 Å². The molecule has 2 N–H and O–H groups in total. The number of anilines is 2. The molecule has 0 bridgehead atoms. The predicted octanol–water partition coefficient (Wildman–Crippen LogP) is 2.93. The van der Waals surface area contributed by atoms with Gasteiger partial charge in [-0.1, -0.05) is 6.92 Å². The number of hydrogen-bond donors (Lipinski definition) is 2. The standard InChI is InChI=1S/C22H24N2O7S/c1-3-15-10-16(22(28)29-4-2)21(32-15)24-19(26)11-31-20(27)12-30-14-6-7-17-13(9-14)5-8-18(25)23-17/h6-7,9-10H,3-5,8,11-12H2,1-2H3,(H,23,25)(H,24,26). The molecule has 9 nitrogen and oxygen atoms in total. The molecule has 0 unspecified atom stereocenters. The molecule has 1 aromatic heterocycles. The Balaban J connectivity index is 1.48. The van der Waals surface area contributed by atoms with E-state index in [1.165, 1.54) is 11.3 Å². The second-order valence-electron chi connectivity index (χ2n) is 6.89. The lowest BCUT2D eigenvalue weighted by Crippen LogP contribution is -2.24. The van der Waals surface area contributed by atoms with Gasteiger partial charge in [-0.15, -0.1) is 11.3 Å². The van der Waals surface area contributed by atoms with E-state index < -0.39 is 24.5 Å². The Hall–Kier alpha value is -3.40. The van der Waals surface area contributed by atoms with Gasteiger partial charge in [-0.05, 0) is 49.6 Å². The molecule has 0 fully saturated rings. The van der Waals surface area contributed by atoms with Crippen LogP contribution in [0, 0.1) is 0 Å². The molecule has 0 radical (unpaired) electrons. The van der Waals surface area contributed by atoms with Crippen molar-refractivity contribution in [1.29, 1.82) is 0 Å². The first-order valence-corrected chi connectivity index (χ1v) is 11.0. The van der Waals surface area contributed by atoms with Gasteiger partial charge >= 0.3 is 11.9 Å². The lowest BCUT2D eigenvalue weighted by Gasteiger charge is -2.17. The number of benzene rings is 1. The van der Waals surface area contributed by atoms with Crippen molar-refractivity contribution >= 4 is 45.8 Å². The van der Waals surface area contributed by atoms with Gasteiger partial charge in [0, 0.05) is 17.0 Å². The van der Waals surface area contributed by atoms with Gasteiger partial charge in [0.1, 0.15) is 10.8 Å². The molecular weight excluding hydrogens is 436 g/mol. The average molecular weight is 461 g/mol. The molecule has 0 aliphatic carbocycles. The van der Waals surface area contributed by atoms with Gasteiger partial charge in [0.15, 0.2) is 13.2 Å². The maximum Gasteiger partial charge on any atom is 0.344 e. The van der Waals surface area contributed by atoms with Gasteiger partial charge in [-0.2, -0.15) is 0 Å². The Kier molecular flexibility index (Phi) is 7.82. The summed E-state index contributed by atoms with van der Waals surface area (Å²) in [6, 6.07) is 6.80. The quantitative estimate of drug-likeness (QED) is 0.552. The van der Waals surface area contributed by atoms with Crippen LogP contribution in [0.25, 0.3) is 0 Å². The predicted molar refractivity (Wildman–Crippen MR) is 118 cm³/mol. The van der Waals surface area contributed by atoms with Crippen molar-refractivity contribution in [1.82, 2.24) is 0 Å². The highest BCUT2D eigenvalue weighted by molar-refractivity contribution is 7.16. The number of ether oxygens (including phenoxy) is 3. The number of esters is 2. The fourth-order valence-corrected chi connectivity index (χ4v) is 4.01. The number of fused-ring (bicyclic) bond motifs is 1. The maximum atomic E-state index is 12.2. The van der Waals surface area contributed by atoms with Crippen molar-refractivity contribution < 1.29 is 33.4 Å². The number of rotatable bonds is 9. The second-order valence-corrected chi connectivity index (χ2v) is 8.03. The van der Waals surface area contributed by atoms with Crippen molar-refractivity contribution in [3.8, 4) is 5.75 Å². The third-order valence-electron chi connectivity index (χ3n) is 4.57. The minimum absolute atomic E-state index is 0.0316. The number of carbonyl (C=O) groups is 4. The van der Waals surface area contributed by atoms with Crippen molar-refractivity contribution in [2.24, 2.45) is 0 Å². The van der Waals surface area contributed by atoms with Crippen LogP contribution < -0.4 is 15.4 Å². The molecule has 3 rings (SSSR count). The van der Waals surface area contributed by atoms with Crippen molar-refractivity contribution in [2.75, 3.05) is 30.5 Å². The molecule has 0 atom stereocenters. The van der Waals surface area contributed by atoms with Crippen molar-refractivity contribution in [2.45, 2.75) is 33.1 Å². The van der Waals surface area contributed by atoms with Crippen LogP contribution in [0.3, 0.4) is 0 Å². The van der Waals surface area contributed by atoms with Crippen LogP contribution in [-0.2, 0) is 36.7 Å². The van der Waals surface area contributed by atoms with E-state index in [4.69, 9.17) is 14.2 Å². The number of thiophene rings is 1. The first-order valence-electron chi connectivity index (χ1n) is 10.2. The molecule has 1 aliphatic rings. The van der Waals surface area contributed by atoms with Crippen LogP contribution in [0.1, 0.15) is 41.1 Å². The Morgan fingerprint density at radius 2 is 1.91 bits per heavy atom. The zero-order valence-corrected chi connectivity index (χ0v) is 18.6. The van der Waals surface area contributed by atoms with Gasteiger partial charge in [-0.25, -0.2) is 9.59 Å². The summed E-state index contributed by atoms with van der Waals surface area (Å²) >= 11 is 1.27. The Bertz CT molecular complexity index is 1030. The van der Waals surface area contributed by atoms with E-state index in [1.54, 1.807) is 31.2 Å². The molecule has 170 valence electrons. The van der Waals surface area contributed by atoms with Crippen molar-refractivity contribution in [3.63, 3.8) is 0 Å². The lowest BCUT2D eigenvalue weighted by molar-refractivity contribution is -0.149. The molecule has 0 spiro atoms. The fraction of sp³-hybridized carbons (Fsp3) is 0.364. The Morgan fingerprint density at radius 3 is 2.66 bits per heavy atom. The smallest absolute Gasteiger partial charge is 0.344 e. The minimum Gasteiger partial charge on any atom is -0.482 e. The molecule has 2 heterocycles. The van der Waals surface area contributed by atoms with Crippen LogP contribution >= 0.6 is 11.3 Å². The highest BCUT2D eigenvalue weighted by Crippen LogP contribution is 2.29. The molecule has 1 aromatic carbocycles. The molecule has 0 saturated carbocycles. The number of hydrogen-bond acceptors (Lipinski definition) is 8. The summed E-state index contributed by atoms with van der Waals surface area (Å²) in [4.78, 5) is 48.6. The molecule has 2 amide bonds. The Morgan fingerprint density at radius 1 is 1.09 bits per heavy atom. The SMILES string of the molecule is CCOC(=O)c1cc(CC)sc1NC(=O)COC(=O)COc1ccc2c(c1)CCC(=O)N2. The van der Waals surface area contributed by atoms with E-state index in [2.05, 4.69) is 10.6 Å². The molecule has 1 aliphatic heterocycles. The number of amides is 2. The van der Waals surface area contributed by atoms with E-state index >= 15 is 0 Å². The van der Waals surface area contributed by atoms with E-state index in [0.29, 0.717) is 30.0 Å². The number of carbonyl (C=O) groups excluding carboxylic acids is 4. The second kappa shape index (κ2) is 10.8. The molecule has 2 aromatic rings. The summed E-state index contributed by atoms with van der Waals surface area (Å²) < 4.78 is 15.4. The van der Waals surface area contributed by atoms with Crippen LogP contribution in [0.15, 0.2) is 24.3 Å². The summed E-state index contributed by atoms with van der Waals surface area (Å²) in [5, 5.41) is 5.73. The third-order valence-corrected chi connectivity index (χ3v) is 5.77. The van der Waals surface area contributed by atoms with Gasteiger partial charge < -0.3 is 24.8 Å². The van der Waals surface area contributed by atoms with E-state index in [-0.39, 0.29) is 24.7 Å². The van der Waals surface area contributed by atoms with Gasteiger partial charge in [0.25, 0.3) is 5.91 Å². The van der Waals surface area contributed by atoms with Crippen LogP contribution in [0.5, 0.6) is 5.75 Å². The van der Waals surface area contributed by atoms with Crippen LogP contribution in [-0.4, -0.2) is 43.6 Å². The molecule has 0 saturated heterocycles. The van der Waals surface area contributed by atoms with E-state index in [1.807, 2.05) is 6.92 Å². The number of aryl methyl sites for hydroxylation is 2. The summed E-state index contributed by atoms with van der Waals surface area (Å²) in [5.41, 5.74) is 1.93. The fourth-order valence-electron chi connectivity index (χ4n) is 3.01. The molecule has 32 heavy (non-hydrogen) atoms. The first-order chi connectivity index (χ1) is 15.4. The first kappa shape index (κ1) is 23.3. The lowest BCUT2D eigenvalue weighted by atomic mass is 10.0. The highest BCUT2D eigenvalue weighted by atomic mass is 32.1. The average Bonchev–Trinajstić information content (AvgIpc) is 3.19. The summed E-state index contributed by atoms with van der Waals surface area (Å²) in [6.45, 7) is 2.98. The molecule has 10 heteroatoms. The van der Waals surface area contributed by atoms with Gasteiger partial charge in [0.2, 0.25) is 5.91 Å². The molecular formula is C22H24N2O7S. The van der Waals surface area contributed by atoms with E-state index in [0.717, 1.165) is 16.1 Å². The summed E-state index contributed by atoms with van der Waals surface area (Å²) in [6.07, 6.45) is 1.70. The normalized spacial score (nSPS) is 12.4. The number of nitrogens with one attached hydrogen (secondary N) is 2. The monoisotopic (exact) mass is 460 g/mol. The van der Waals surface area contributed by atoms with Crippen LogP contribution in [0.4, 0.5) is 10.7 Å². The van der Waals surface area contributed by atoms with Crippen molar-refractivity contribution in [3.05, 3.63) is 40.3 Å². The topological polar surface area (TPSA) is 120 Å². The largest absolute Gasteiger partial charge is 0.482 e. The summed E-state index contributed by atoms with van der Waals surface area (Å²) in [7, 11) is 0. The minimum atomic E-state index is -0.711. The third kappa shape index (κ3) is 6.07. The maximum absolute atomic E-state index is 12.2. The zero-order valence-electron chi connectivity index (χ0n) is 17.8. The van der Waals surface area contributed by atoms with Gasteiger partial charge in [0.05, 0.1) is 12.2 Å². The summed E-state index contributed by atoms with van der Waals surface area (Å²) in [5.74, 6) is -1.37. The van der Waals surface area contributed by atoms with Gasteiger partial charge in [-0.3, -0.25) is 9.59 Å². The zero-order chi connectivity index (χ0) is 23.1.